The number of rotatable bonds is 5. The molecule has 0 spiro atoms. The molecule has 1 N–H and O–H groups in total. The van der Waals surface area contributed by atoms with Gasteiger partial charge in [0.2, 0.25) is 0 Å². The molecule has 1 fully saturated rings. The molecule has 158 valence electrons. The molecule has 4 aromatic rings. The van der Waals surface area contributed by atoms with E-state index in [0.717, 1.165) is 39.1 Å². The average Bonchev–Trinajstić information content (AvgIpc) is 3.46. The largest absolute Gasteiger partial charge is 0.496 e. The van der Waals surface area contributed by atoms with Crippen LogP contribution in [0.15, 0.2) is 60.8 Å². The Labute approximate surface area is 181 Å². The third-order valence-electron chi connectivity index (χ3n) is 5.80. The van der Waals surface area contributed by atoms with Crippen molar-refractivity contribution < 1.29 is 14.2 Å². The first-order valence-electron chi connectivity index (χ1n) is 10.5. The maximum absolute atomic E-state index is 5.90. The van der Waals surface area contributed by atoms with E-state index in [1.54, 1.807) is 7.11 Å². The van der Waals surface area contributed by atoms with Crippen LogP contribution in [0.2, 0.25) is 0 Å². The lowest BCUT2D eigenvalue weighted by Gasteiger charge is -2.21. The minimum absolute atomic E-state index is 0.0573. The molecule has 1 saturated heterocycles. The predicted molar refractivity (Wildman–Crippen MR) is 120 cm³/mol. The number of para-hydroxylation sites is 1. The molecule has 31 heavy (non-hydrogen) atoms. The Kier molecular flexibility index (Phi) is 5.18. The van der Waals surface area contributed by atoms with Crippen LogP contribution in [-0.2, 0) is 9.47 Å². The van der Waals surface area contributed by atoms with E-state index in [9.17, 15) is 0 Å². The van der Waals surface area contributed by atoms with Gasteiger partial charge in [0.1, 0.15) is 18.6 Å². The number of benzene rings is 2. The van der Waals surface area contributed by atoms with Gasteiger partial charge in [-0.05, 0) is 41.3 Å². The van der Waals surface area contributed by atoms with Crippen molar-refractivity contribution in [1.29, 1.82) is 0 Å². The number of nitrogens with one attached hydrogen (secondary N) is 1. The molecule has 0 aliphatic carbocycles. The summed E-state index contributed by atoms with van der Waals surface area (Å²) in [7, 11) is 1.67. The van der Waals surface area contributed by atoms with Gasteiger partial charge in [0.05, 0.1) is 18.9 Å². The van der Waals surface area contributed by atoms with Gasteiger partial charge in [-0.3, -0.25) is 5.10 Å². The van der Waals surface area contributed by atoms with Gasteiger partial charge in [0.15, 0.2) is 5.65 Å². The van der Waals surface area contributed by atoms with E-state index < -0.39 is 0 Å². The Morgan fingerprint density at radius 2 is 1.90 bits per heavy atom. The Bertz CT molecular complexity index is 1220. The summed E-state index contributed by atoms with van der Waals surface area (Å²) in [6.07, 6.45) is 1.86. The predicted octanol–water partition coefficient (Wildman–Crippen LogP) is 5.37. The third kappa shape index (κ3) is 3.58. The zero-order valence-corrected chi connectivity index (χ0v) is 17.8. The molecule has 3 heterocycles. The van der Waals surface area contributed by atoms with Crippen molar-refractivity contribution in [3.8, 4) is 28.1 Å². The summed E-state index contributed by atoms with van der Waals surface area (Å²) in [6.45, 7) is 4.65. The zero-order valence-electron chi connectivity index (χ0n) is 17.8. The van der Waals surface area contributed by atoms with Crippen molar-refractivity contribution in [3.63, 3.8) is 0 Å². The molecular weight excluding hydrogens is 390 g/mol. The van der Waals surface area contributed by atoms with Crippen LogP contribution in [-0.4, -0.2) is 35.2 Å². The van der Waals surface area contributed by atoms with Crippen molar-refractivity contribution in [2.45, 2.75) is 26.1 Å². The molecule has 2 aromatic carbocycles. The maximum atomic E-state index is 5.90. The molecule has 0 amide bonds. The first-order valence-corrected chi connectivity index (χ1v) is 10.5. The molecule has 5 rings (SSSR count). The van der Waals surface area contributed by atoms with E-state index in [0.29, 0.717) is 18.4 Å². The highest BCUT2D eigenvalue weighted by atomic mass is 16.7. The van der Waals surface area contributed by atoms with Gasteiger partial charge < -0.3 is 14.2 Å². The highest BCUT2D eigenvalue weighted by molar-refractivity contribution is 5.94. The van der Waals surface area contributed by atoms with Gasteiger partial charge in [0, 0.05) is 22.7 Å². The van der Waals surface area contributed by atoms with Gasteiger partial charge >= 0.3 is 0 Å². The summed E-state index contributed by atoms with van der Waals surface area (Å²) < 4.78 is 17.2. The Hall–Kier alpha value is -3.22. The number of hydrogen-bond acceptors (Lipinski definition) is 5. The number of H-pyrrole nitrogens is 1. The fourth-order valence-electron chi connectivity index (χ4n) is 4.21. The first-order chi connectivity index (χ1) is 15.2. The zero-order chi connectivity index (χ0) is 21.4. The van der Waals surface area contributed by atoms with E-state index in [4.69, 9.17) is 14.2 Å². The van der Waals surface area contributed by atoms with E-state index in [-0.39, 0.29) is 12.2 Å². The fraction of sp³-hybridized carbons (Fsp3) is 0.280. The van der Waals surface area contributed by atoms with Gasteiger partial charge in [-0.2, -0.15) is 5.10 Å². The Balaban J connectivity index is 1.56. The number of fused-ring (bicyclic) bond motifs is 1. The number of hydrogen-bond donors (Lipinski definition) is 1. The monoisotopic (exact) mass is 415 g/mol. The first kappa shape index (κ1) is 19.7. The molecule has 6 heteroatoms. The number of aromatic amines is 1. The SMILES string of the molecule is COc1ccccc1-c1[nH]nc2ncc(-c3cccc([C@H]4OCO[C@@H]4C(C)C)c3)cc12. The molecule has 0 saturated carbocycles. The van der Waals surface area contributed by atoms with Gasteiger partial charge in [-0.15, -0.1) is 0 Å². The number of aromatic nitrogens is 3. The Morgan fingerprint density at radius 3 is 2.74 bits per heavy atom. The van der Waals surface area contributed by atoms with E-state index in [1.807, 2.05) is 30.5 Å². The van der Waals surface area contributed by atoms with Crippen LogP contribution in [0.1, 0.15) is 25.5 Å². The molecule has 2 aromatic heterocycles. The molecule has 0 unspecified atom stereocenters. The topological polar surface area (TPSA) is 69.3 Å². The van der Waals surface area contributed by atoms with E-state index in [1.165, 1.54) is 0 Å². The van der Waals surface area contributed by atoms with Gasteiger partial charge in [-0.1, -0.05) is 44.2 Å². The number of nitrogens with zero attached hydrogens (tertiary/aromatic N) is 2. The molecule has 6 nitrogen and oxygen atoms in total. The number of methoxy groups -OCH3 is 1. The van der Waals surface area contributed by atoms with Crippen LogP contribution < -0.4 is 4.74 Å². The van der Waals surface area contributed by atoms with Crippen molar-refractivity contribution in [2.75, 3.05) is 13.9 Å². The lowest BCUT2D eigenvalue weighted by molar-refractivity contribution is 0.0308. The number of ether oxygens (including phenoxy) is 3. The smallest absolute Gasteiger partial charge is 0.181 e. The standard InChI is InChI=1S/C25H25N3O3/c1-15(2)23-24(31-14-30-23)17-8-6-7-16(11-17)18-12-20-22(27-28-25(20)26-13-18)19-9-4-5-10-21(19)29-3/h4-13,15,23-24H,14H2,1-3H3,(H,26,27,28)/t23-,24-/m1/s1. The maximum Gasteiger partial charge on any atom is 0.181 e. The minimum Gasteiger partial charge on any atom is -0.496 e. The van der Waals surface area contributed by atoms with Crippen LogP contribution in [0, 0.1) is 5.92 Å². The summed E-state index contributed by atoms with van der Waals surface area (Å²) in [5.74, 6) is 1.17. The van der Waals surface area contributed by atoms with Crippen LogP contribution in [0.25, 0.3) is 33.4 Å². The highest BCUT2D eigenvalue weighted by Crippen LogP contribution is 2.37. The molecular formula is C25H25N3O3. The molecule has 1 aliphatic rings. The second kappa shape index (κ2) is 8.13. The summed E-state index contributed by atoms with van der Waals surface area (Å²) in [6, 6.07) is 18.4. The van der Waals surface area contributed by atoms with Crippen LogP contribution in [0.4, 0.5) is 0 Å². The van der Waals surface area contributed by atoms with Crippen molar-refractivity contribution in [1.82, 2.24) is 15.2 Å². The van der Waals surface area contributed by atoms with Crippen LogP contribution >= 0.6 is 0 Å². The molecule has 1 aliphatic heterocycles. The van der Waals surface area contributed by atoms with Gasteiger partial charge in [0.25, 0.3) is 0 Å². The molecule has 0 radical (unpaired) electrons. The second-order valence-corrected chi connectivity index (χ2v) is 8.10. The normalized spacial score (nSPS) is 18.7. The third-order valence-corrected chi connectivity index (χ3v) is 5.80. The van der Waals surface area contributed by atoms with Crippen molar-refractivity contribution in [2.24, 2.45) is 5.92 Å². The second-order valence-electron chi connectivity index (χ2n) is 8.10. The number of pyridine rings is 1. The quantitative estimate of drug-likeness (QED) is 0.474. The Morgan fingerprint density at radius 1 is 1.03 bits per heavy atom. The van der Waals surface area contributed by atoms with Crippen molar-refractivity contribution in [3.05, 3.63) is 66.4 Å². The highest BCUT2D eigenvalue weighted by Gasteiger charge is 2.33. The summed E-state index contributed by atoms with van der Waals surface area (Å²) in [5.41, 5.74) is 5.74. The van der Waals surface area contributed by atoms with Crippen LogP contribution in [0.5, 0.6) is 5.75 Å². The summed E-state index contributed by atoms with van der Waals surface area (Å²) in [4.78, 5) is 4.59. The van der Waals surface area contributed by atoms with E-state index >= 15 is 0 Å². The lowest BCUT2D eigenvalue weighted by atomic mass is 9.94. The van der Waals surface area contributed by atoms with E-state index in [2.05, 4.69) is 59.4 Å². The summed E-state index contributed by atoms with van der Waals surface area (Å²) >= 11 is 0. The van der Waals surface area contributed by atoms with Crippen molar-refractivity contribution >= 4 is 11.0 Å². The molecule has 0 bridgehead atoms. The molecule has 2 atom stereocenters. The average molecular weight is 415 g/mol. The lowest BCUT2D eigenvalue weighted by Crippen LogP contribution is -2.21. The van der Waals surface area contributed by atoms with Crippen LogP contribution in [0.3, 0.4) is 0 Å². The summed E-state index contributed by atoms with van der Waals surface area (Å²) in [5, 5.41) is 8.47. The minimum atomic E-state index is -0.0605. The van der Waals surface area contributed by atoms with Gasteiger partial charge in [-0.25, -0.2) is 4.98 Å². The fourth-order valence-corrected chi connectivity index (χ4v) is 4.21.